The van der Waals surface area contributed by atoms with Crippen LogP contribution in [-0.2, 0) is 0 Å². The van der Waals surface area contributed by atoms with E-state index in [-0.39, 0.29) is 17.8 Å². The van der Waals surface area contributed by atoms with Crippen molar-refractivity contribution in [2.45, 2.75) is 25.8 Å². The van der Waals surface area contributed by atoms with Gasteiger partial charge < -0.3 is 10.2 Å². The molecule has 0 unspecified atom stereocenters. The Labute approximate surface area is 107 Å². The number of hydrogen-bond acceptors (Lipinski definition) is 2. The van der Waals surface area contributed by atoms with E-state index < -0.39 is 0 Å². The molecule has 4 heteroatoms. The number of likely N-dealkylation sites (N-methyl/N-ethyl adjacent to an activating group) is 1. The Hall–Kier alpha value is -1.42. The van der Waals surface area contributed by atoms with E-state index in [2.05, 4.69) is 17.3 Å². The number of halogens is 1. The summed E-state index contributed by atoms with van der Waals surface area (Å²) in [4.78, 5) is 14.2. The van der Waals surface area contributed by atoms with Crippen LogP contribution in [0.4, 0.5) is 4.39 Å². The third-order valence-corrected chi connectivity index (χ3v) is 3.38. The van der Waals surface area contributed by atoms with E-state index in [4.69, 9.17) is 0 Å². The molecular formula is C14H19FN2O. The SMILES string of the molecule is Cc1cc(C(=O)N[C@@H]2CCCN(C)C2)ccc1F. The summed E-state index contributed by atoms with van der Waals surface area (Å²) in [7, 11) is 2.06. The van der Waals surface area contributed by atoms with Crippen LogP contribution in [-0.4, -0.2) is 37.0 Å². The molecule has 1 fully saturated rings. The zero-order valence-electron chi connectivity index (χ0n) is 10.9. The van der Waals surface area contributed by atoms with Crippen LogP contribution in [0.15, 0.2) is 18.2 Å². The molecule has 1 aliphatic rings. The van der Waals surface area contributed by atoms with Crippen LogP contribution in [0.1, 0.15) is 28.8 Å². The molecule has 3 nitrogen and oxygen atoms in total. The lowest BCUT2D eigenvalue weighted by Crippen LogP contribution is -2.46. The Bertz CT molecular complexity index is 447. The Kier molecular flexibility index (Phi) is 3.97. The number of nitrogens with one attached hydrogen (secondary N) is 1. The largest absolute Gasteiger partial charge is 0.348 e. The van der Waals surface area contributed by atoms with Crippen molar-refractivity contribution >= 4 is 5.91 Å². The van der Waals surface area contributed by atoms with Crippen molar-refractivity contribution in [3.63, 3.8) is 0 Å². The van der Waals surface area contributed by atoms with E-state index in [9.17, 15) is 9.18 Å². The van der Waals surface area contributed by atoms with E-state index in [1.807, 2.05) is 0 Å². The second-order valence-corrected chi connectivity index (χ2v) is 5.04. The smallest absolute Gasteiger partial charge is 0.251 e. The van der Waals surface area contributed by atoms with Gasteiger partial charge in [-0.3, -0.25) is 4.79 Å². The molecule has 0 aliphatic carbocycles. The summed E-state index contributed by atoms with van der Waals surface area (Å²) in [5.41, 5.74) is 1.03. The molecule has 1 amide bonds. The lowest BCUT2D eigenvalue weighted by molar-refractivity contribution is 0.0912. The molecular weight excluding hydrogens is 231 g/mol. The molecule has 0 bridgehead atoms. The summed E-state index contributed by atoms with van der Waals surface area (Å²) in [6, 6.07) is 4.67. The summed E-state index contributed by atoms with van der Waals surface area (Å²) in [5, 5.41) is 3.01. The lowest BCUT2D eigenvalue weighted by Gasteiger charge is -2.30. The standard InChI is InChI=1S/C14H19FN2O/c1-10-8-11(5-6-13(10)15)14(18)16-12-4-3-7-17(2)9-12/h5-6,8,12H,3-4,7,9H2,1-2H3,(H,16,18)/t12-/m1/s1. The van der Waals surface area contributed by atoms with Crippen LogP contribution >= 0.6 is 0 Å². The fourth-order valence-electron chi connectivity index (χ4n) is 2.34. The fraction of sp³-hybridized carbons (Fsp3) is 0.500. The molecule has 1 N–H and O–H groups in total. The van der Waals surface area contributed by atoms with Crippen molar-refractivity contribution in [2.75, 3.05) is 20.1 Å². The minimum Gasteiger partial charge on any atom is -0.348 e. The second-order valence-electron chi connectivity index (χ2n) is 5.04. The monoisotopic (exact) mass is 250 g/mol. The van der Waals surface area contributed by atoms with Crippen molar-refractivity contribution in [2.24, 2.45) is 0 Å². The minimum atomic E-state index is -0.274. The third kappa shape index (κ3) is 3.07. The van der Waals surface area contributed by atoms with E-state index in [0.29, 0.717) is 11.1 Å². The van der Waals surface area contributed by atoms with Crippen LogP contribution in [0.5, 0.6) is 0 Å². The lowest BCUT2D eigenvalue weighted by atomic mass is 10.1. The number of nitrogens with zero attached hydrogens (tertiary/aromatic N) is 1. The maximum absolute atomic E-state index is 13.1. The first-order valence-corrected chi connectivity index (χ1v) is 6.32. The summed E-state index contributed by atoms with van der Waals surface area (Å²) in [6.07, 6.45) is 2.11. The second kappa shape index (κ2) is 5.48. The molecule has 2 rings (SSSR count). The molecule has 1 aromatic rings. The number of piperidine rings is 1. The Morgan fingerprint density at radius 1 is 1.50 bits per heavy atom. The highest BCUT2D eigenvalue weighted by Crippen LogP contribution is 2.12. The molecule has 1 atom stereocenters. The predicted molar refractivity (Wildman–Crippen MR) is 69.1 cm³/mol. The van der Waals surface area contributed by atoms with Crippen molar-refractivity contribution in [3.8, 4) is 0 Å². The van der Waals surface area contributed by atoms with E-state index in [0.717, 1.165) is 25.9 Å². The minimum absolute atomic E-state index is 0.113. The molecule has 0 aromatic heterocycles. The fourth-order valence-corrected chi connectivity index (χ4v) is 2.34. The van der Waals surface area contributed by atoms with Crippen LogP contribution in [0.3, 0.4) is 0 Å². The normalized spacial score (nSPS) is 20.7. The predicted octanol–water partition coefficient (Wildman–Crippen LogP) is 1.96. The highest BCUT2D eigenvalue weighted by Gasteiger charge is 2.19. The number of rotatable bonds is 2. The molecule has 98 valence electrons. The topological polar surface area (TPSA) is 32.3 Å². The number of likely N-dealkylation sites (tertiary alicyclic amines) is 1. The van der Waals surface area contributed by atoms with Crippen molar-refractivity contribution in [1.82, 2.24) is 10.2 Å². The Morgan fingerprint density at radius 2 is 2.28 bits per heavy atom. The van der Waals surface area contributed by atoms with E-state index in [1.54, 1.807) is 13.0 Å². The molecule has 0 spiro atoms. The van der Waals surface area contributed by atoms with E-state index >= 15 is 0 Å². The number of aryl methyl sites for hydroxylation is 1. The average Bonchev–Trinajstić information content (AvgIpc) is 2.32. The van der Waals surface area contributed by atoms with Gasteiger partial charge in [-0.2, -0.15) is 0 Å². The van der Waals surface area contributed by atoms with Gasteiger partial charge in [0.2, 0.25) is 0 Å². The highest BCUT2D eigenvalue weighted by atomic mass is 19.1. The molecule has 18 heavy (non-hydrogen) atoms. The number of amides is 1. The van der Waals surface area contributed by atoms with Gasteiger partial charge in [-0.25, -0.2) is 4.39 Å². The first kappa shape index (κ1) is 13.0. The zero-order valence-corrected chi connectivity index (χ0v) is 10.9. The summed E-state index contributed by atoms with van der Waals surface area (Å²) in [6.45, 7) is 3.63. The van der Waals surface area contributed by atoms with Gasteiger partial charge in [0.1, 0.15) is 5.82 Å². The Morgan fingerprint density at radius 3 is 2.94 bits per heavy atom. The van der Waals surface area contributed by atoms with Crippen LogP contribution in [0.2, 0.25) is 0 Å². The summed E-state index contributed by atoms with van der Waals surface area (Å²) < 4.78 is 13.1. The quantitative estimate of drug-likeness (QED) is 0.870. The van der Waals surface area contributed by atoms with Crippen molar-refractivity contribution < 1.29 is 9.18 Å². The molecule has 1 saturated heterocycles. The van der Waals surface area contributed by atoms with Crippen molar-refractivity contribution in [3.05, 3.63) is 35.1 Å². The third-order valence-electron chi connectivity index (χ3n) is 3.38. The van der Waals surface area contributed by atoms with Crippen molar-refractivity contribution in [1.29, 1.82) is 0 Å². The molecule has 1 aromatic carbocycles. The molecule has 0 radical (unpaired) electrons. The molecule has 1 heterocycles. The number of carbonyl (C=O) groups is 1. The number of benzene rings is 1. The van der Waals surface area contributed by atoms with Gasteiger partial charge in [0.05, 0.1) is 0 Å². The summed E-state index contributed by atoms with van der Waals surface area (Å²) >= 11 is 0. The number of carbonyl (C=O) groups excluding carboxylic acids is 1. The van der Waals surface area contributed by atoms with Gasteiger partial charge in [0.15, 0.2) is 0 Å². The first-order valence-electron chi connectivity index (χ1n) is 6.32. The maximum atomic E-state index is 13.1. The van der Waals surface area contributed by atoms with E-state index in [1.165, 1.54) is 12.1 Å². The van der Waals surface area contributed by atoms with Gasteiger partial charge in [-0.05, 0) is 57.1 Å². The maximum Gasteiger partial charge on any atom is 0.251 e. The van der Waals surface area contributed by atoms with Gasteiger partial charge in [-0.1, -0.05) is 0 Å². The average molecular weight is 250 g/mol. The van der Waals surface area contributed by atoms with Crippen LogP contribution in [0, 0.1) is 12.7 Å². The van der Waals surface area contributed by atoms with Crippen LogP contribution in [0.25, 0.3) is 0 Å². The van der Waals surface area contributed by atoms with Gasteiger partial charge in [0.25, 0.3) is 5.91 Å². The van der Waals surface area contributed by atoms with Gasteiger partial charge >= 0.3 is 0 Å². The zero-order chi connectivity index (χ0) is 13.1. The summed E-state index contributed by atoms with van der Waals surface area (Å²) in [5.74, 6) is -0.387. The number of hydrogen-bond donors (Lipinski definition) is 1. The first-order chi connectivity index (χ1) is 8.56. The van der Waals surface area contributed by atoms with Gasteiger partial charge in [-0.15, -0.1) is 0 Å². The van der Waals surface area contributed by atoms with Gasteiger partial charge in [0, 0.05) is 18.2 Å². The molecule has 0 saturated carbocycles. The van der Waals surface area contributed by atoms with Crippen LogP contribution < -0.4 is 5.32 Å². The molecule has 1 aliphatic heterocycles. The highest BCUT2D eigenvalue weighted by molar-refractivity contribution is 5.94. The Balaban J connectivity index is 2.00.